The van der Waals surface area contributed by atoms with Crippen LogP contribution in [0.3, 0.4) is 0 Å². The number of hydrogen-bond acceptors (Lipinski definition) is 3. The summed E-state index contributed by atoms with van der Waals surface area (Å²) in [4.78, 5) is 16.2. The van der Waals surface area contributed by atoms with Crippen molar-refractivity contribution in [1.29, 1.82) is 0 Å². The molecule has 4 heteroatoms. The molecule has 0 aliphatic carbocycles. The first-order valence-corrected chi connectivity index (χ1v) is 7.74. The van der Waals surface area contributed by atoms with Crippen molar-refractivity contribution < 1.29 is 9.90 Å². The Bertz CT molecular complexity index is 815. The zero-order chi connectivity index (χ0) is 16.8. The van der Waals surface area contributed by atoms with Gasteiger partial charge in [0.2, 0.25) is 5.91 Å². The number of carbonyl (C=O) groups is 1. The van der Waals surface area contributed by atoms with E-state index in [1.807, 2.05) is 42.5 Å². The first-order valence-electron chi connectivity index (χ1n) is 7.74. The van der Waals surface area contributed by atoms with Crippen molar-refractivity contribution in [3.63, 3.8) is 0 Å². The number of pyridine rings is 1. The molecule has 0 radical (unpaired) electrons. The van der Waals surface area contributed by atoms with E-state index in [1.165, 1.54) is 0 Å². The van der Waals surface area contributed by atoms with Gasteiger partial charge >= 0.3 is 0 Å². The summed E-state index contributed by atoms with van der Waals surface area (Å²) in [7, 11) is 0. The third-order valence-corrected chi connectivity index (χ3v) is 3.78. The molecule has 4 nitrogen and oxygen atoms in total. The van der Waals surface area contributed by atoms with E-state index in [0.717, 1.165) is 16.7 Å². The van der Waals surface area contributed by atoms with Gasteiger partial charge in [-0.3, -0.25) is 9.78 Å². The molecule has 120 valence electrons. The Morgan fingerprint density at radius 3 is 2.38 bits per heavy atom. The summed E-state index contributed by atoms with van der Waals surface area (Å²) in [6, 6.07) is 19.7. The van der Waals surface area contributed by atoms with Gasteiger partial charge in [-0.2, -0.15) is 0 Å². The fourth-order valence-electron chi connectivity index (χ4n) is 2.50. The lowest BCUT2D eigenvalue weighted by molar-refractivity contribution is -0.115. The van der Waals surface area contributed by atoms with Gasteiger partial charge in [-0.05, 0) is 22.8 Å². The van der Waals surface area contributed by atoms with E-state index >= 15 is 0 Å². The average Bonchev–Trinajstić information content (AvgIpc) is 2.63. The van der Waals surface area contributed by atoms with E-state index in [9.17, 15) is 9.90 Å². The number of rotatable bonds is 5. The Kier molecular flexibility index (Phi) is 4.99. The summed E-state index contributed by atoms with van der Waals surface area (Å²) in [6.07, 6.45) is 3.40. The molecule has 1 aromatic heterocycles. The van der Waals surface area contributed by atoms with Crippen molar-refractivity contribution in [3.8, 4) is 11.1 Å². The van der Waals surface area contributed by atoms with Gasteiger partial charge in [-0.1, -0.05) is 54.6 Å². The average molecular weight is 318 g/mol. The molecular formula is C20H18N2O2. The van der Waals surface area contributed by atoms with Gasteiger partial charge < -0.3 is 10.4 Å². The van der Waals surface area contributed by atoms with Gasteiger partial charge in [0.05, 0.1) is 24.9 Å². The quantitative estimate of drug-likeness (QED) is 0.757. The van der Waals surface area contributed by atoms with Crippen LogP contribution in [-0.2, 0) is 17.8 Å². The highest BCUT2D eigenvalue weighted by molar-refractivity contribution is 5.92. The molecule has 24 heavy (non-hydrogen) atoms. The van der Waals surface area contributed by atoms with E-state index in [2.05, 4.69) is 22.4 Å². The van der Waals surface area contributed by atoms with Crippen LogP contribution in [0.4, 0.5) is 5.69 Å². The predicted octanol–water partition coefficient (Wildman–Crippen LogP) is 3.42. The molecule has 0 fully saturated rings. The van der Waals surface area contributed by atoms with Crippen LogP contribution in [0.5, 0.6) is 0 Å². The standard InChI is InChI=1S/C20H18N2O2/c23-14-18-10-11-21-13-19(18)22-20(24)12-15-6-8-17(9-7-15)16-4-2-1-3-5-16/h1-11,13,23H,12,14H2,(H,22,24). The number of amides is 1. The monoisotopic (exact) mass is 318 g/mol. The van der Waals surface area contributed by atoms with E-state index in [0.29, 0.717) is 11.3 Å². The topological polar surface area (TPSA) is 62.2 Å². The molecule has 3 aromatic rings. The highest BCUT2D eigenvalue weighted by Gasteiger charge is 2.08. The molecule has 0 atom stereocenters. The Hall–Kier alpha value is -2.98. The van der Waals surface area contributed by atoms with Crippen molar-refractivity contribution in [1.82, 2.24) is 4.98 Å². The summed E-state index contributed by atoms with van der Waals surface area (Å²) in [5.41, 5.74) is 4.40. The van der Waals surface area contributed by atoms with Crippen LogP contribution < -0.4 is 5.32 Å². The maximum absolute atomic E-state index is 12.2. The van der Waals surface area contributed by atoms with Crippen molar-refractivity contribution in [2.75, 3.05) is 5.32 Å². The SMILES string of the molecule is O=C(Cc1ccc(-c2ccccc2)cc1)Nc1cnccc1CO. The lowest BCUT2D eigenvalue weighted by atomic mass is 10.0. The maximum atomic E-state index is 12.2. The molecule has 0 saturated heterocycles. The number of aromatic nitrogens is 1. The second-order valence-electron chi connectivity index (χ2n) is 5.48. The van der Waals surface area contributed by atoms with Gasteiger partial charge in [0.15, 0.2) is 0 Å². The van der Waals surface area contributed by atoms with E-state index < -0.39 is 0 Å². The number of aliphatic hydroxyl groups is 1. The summed E-state index contributed by atoms with van der Waals surface area (Å²) in [5, 5.41) is 12.1. The molecule has 0 saturated carbocycles. The first-order chi connectivity index (χ1) is 11.8. The van der Waals surface area contributed by atoms with Crippen LogP contribution in [0.25, 0.3) is 11.1 Å². The highest BCUT2D eigenvalue weighted by Crippen LogP contribution is 2.20. The molecular weight excluding hydrogens is 300 g/mol. The summed E-state index contributed by atoms with van der Waals surface area (Å²) < 4.78 is 0. The van der Waals surface area contributed by atoms with Crippen LogP contribution in [0.1, 0.15) is 11.1 Å². The fraction of sp³-hybridized carbons (Fsp3) is 0.100. The summed E-state index contributed by atoms with van der Waals surface area (Å²) >= 11 is 0. The number of carbonyl (C=O) groups excluding carboxylic acids is 1. The van der Waals surface area contributed by atoms with Crippen LogP contribution in [0, 0.1) is 0 Å². The molecule has 0 aliphatic heterocycles. The molecule has 1 amide bonds. The smallest absolute Gasteiger partial charge is 0.228 e. The minimum absolute atomic E-state index is 0.134. The molecule has 3 rings (SSSR count). The fourth-order valence-corrected chi connectivity index (χ4v) is 2.50. The normalized spacial score (nSPS) is 10.4. The zero-order valence-electron chi connectivity index (χ0n) is 13.1. The molecule has 0 bridgehead atoms. The van der Waals surface area contributed by atoms with Crippen LogP contribution in [0.15, 0.2) is 73.1 Å². The third-order valence-electron chi connectivity index (χ3n) is 3.78. The third kappa shape index (κ3) is 3.86. The van der Waals surface area contributed by atoms with E-state index in [4.69, 9.17) is 0 Å². The lowest BCUT2D eigenvalue weighted by Crippen LogP contribution is -2.15. The second kappa shape index (κ2) is 7.53. The Morgan fingerprint density at radius 2 is 1.67 bits per heavy atom. The van der Waals surface area contributed by atoms with Crippen molar-refractivity contribution in [2.24, 2.45) is 0 Å². The lowest BCUT2D eigenvalue weighted by Gasteiger charge is -2.09. The van der Waals surface area contributed by atoms with Crippen LogP contribution >= 0.6 is 0 Å². The van der Waals surface area contributed by atoms with Crippen LogP contribution in [-0.4, -0.2) is 16.0 Å². The van der Waals surface area contributed by atoms with Crippen molar-refractivity contribution in [2.45, 2.75) is 13.0 Å². The van der Waals surface area contributed by atoms with Crippen molar-refractivity contribution >= 4 is 11.6 Å². The van der Waals surface area contributed by atoms with Gasteiger partial charge in [0.25, 0.3) is 0 Å². The molecule has 2 N–H and O–H groups in total. The summed E-state index contributed by atoms with van der Waals surface area (Å²) in [6.45, 7) is -0.135. The van der Waals surface area contributed by atoms with Gasteiger partial charge in [-0.15, -0.1) is 0 Å². The first kappa shape index (κ1) is 15.9. The number of anilines is 1. The number of nitrogens with one attached hydrogen (secondary N) is 1. The highest BCUT2D eigenvalue weighted by atomic mass is 16.3. The molecule has 1 heterocycles. The minimum atomic E-state index is -0.135. The van der Waals surface area contributed by atoms with Gasteiger partial charge in [0.1, 0.15) is 0 Å². The molecule has 2 aromatic carbocycles. The van der Waals surface area contributed by atoms with Crippen molar-refractivity contribution in [3.05, 3.63) is 84.2 Å². The number of nitrogens with zero attached hydrogens (tertiary/aromatic N) is 1. The van der Waals surface area contributed by atoms with Crippen LogP contribution in [0.2, 0.25) is 0 Å². The maximum Gasteiger partial charge on any atom is 0.228 e. The van der Waals surface area contributed by atoms with Gasteiger partial charge in [-0.25, -0.2) is 0 Å². The summed E-state index contributed by atoms with van der Waals surface area (Å²) in [5.74, 6) is -0.134. The number of benzene rings is 2. The Morgan fingerprint density at radius 1 is 0.958 bits per heavy atom. The zero-order valence-corrected chi connectivity index (χ0v) is 13.1. The number of hydrogen-bond donors (Lipinski definition) is 2. The van der Waals surface area contributed by atoms with Gasteiger partial charge in [0, 0.05) is 11.8 Å². The minimum Gasteiger partial charge on any atom is -0.392 e. The second-order valence-corrected chi connectivity index (χ2v) is 5.48. The molecule has 0 spiro atoms. The molecule has 0 aliphatic rings. The molecule has 0 unspecified atom stereocenters. The number of aliphatic hydroxyl groups excluding tert-OH is 1. The van der Waals surface area contributed by atoms with E-state index in [1.54, 1.807) is 18.5 Å². The Labute approximate surface area is 140 Å². The Balaban J connectivity index is 1.67. The van der Waals surface area contributed by atoms with E-state index in [-0.39, 0.29) is 18.9 Å². The predicted molar refractivity (Wildman–Crippen MR) is 94.4 cm³/mol. The largest absolute Gasteiger partial charge is 0.392 e.